The first kappa shape index (κ1) is 22.7. The fourth-order valence-corrected chi connectivity index (χ4v) is 4.81. The zero-order valence-corrected chi connectivity index (χ0v) is 19.2. The molecule has 1 unspecified atom stereocenters. The van der Waals surface area contributed by atoms with Gasteiger partial charge < -0.3 is 9.47 Å². The Bertz CT molecular complexity index is 818. The topological polar surface area (TPSA) is 52.6 Å². The van der Waals surface area contributed by atoms with Crippen molar-refractivity contribution in [2.24, 2.45) is 11.3 Å². The number of aryl methyl sites for hydroxylation is 3. The molecule has 4 heteroatoms. The average molecular weight is 413 g/mol. The molecule has 1 atom stereocenters. The van der Waals surface area contributed by atoms with E-state index in [1.807, 2.05) is 13.8 Å². The Kier molecular flexibility index (Phi) is 7.18. The predicted octanol–water partition coefficient (Wildman–Crippen LogP) is 5.58. The molecule has 0 N–H and O–H groups in total. The second-order valence-electron chi connectivity index (χ2n) is 9.08. The van der Waals surface area contributed by atoms with Crippen LogP contribution in [-0.2, 0) is 31.9 Å². The summed E-state index contributed by atoms with van der Waals surface area (Å²) in [6.45, 7) is 11.5. The van der Waals surface area contributed by atoms with E-state index in [1.165, 1.54) is 5.56 Å². The van der Waals surface area contributed by atoms with E-state index in [9.17, 15) is 9.59 Å². The highest BCUT2D eigenvalue weighted by molar-refractivity contribution is 6.23. The van der Waals surface area contributed by atoms with Gasteiger partial charge in [0.15, 0.2) is 5.78 Å². The fraction of sp³-hybridized carbons (Fsp3) is 0.615. The van der Waals surface area contributed by atoms with Crippen molar-refractivity contribution >= 4 is 17.3 Å². The van der Waals surface area contributed by atoms with E-state index < -0.39 is 0 Å². The number of ether oxygens (including phenoxy) is 2. The van der Waals surface area contributed by atoms with E-state index in [1.54, 1.807) is 0 Å². The van der Waals surface area contributed by atoms with E-state index >= 15 is 0 Å². The van der Waals surface area contributed by atoms with Gasteiger partial charge in [0.25, 0.3) is 0 Å². The molecule has 0 radical (unpaired) electrons. The lowest BCUT2D eigenvalue weighted by Gasteiger charge is -2.41. The molecule has 0 bridgehead atoms. The summed E-state index contributed by atoms with van der Waals surface area (Å²) >= 11 is 0. The van der Waals surface area contributed by atoms with E-state index in [2.05, 4.69) is 32.9 Å². The molecule has 2 aliphatic rings. The molecule has 1 heterocycles. The number of hydrogen-bond acceptors (Lipinski definition) is 4. The number of rotatable bonds is 6. The molecular formula is C26H36O4. The summed E-state index contributed by atoms with van der Waals surface area (Å²) in [5.74, 6) is 0.288. The summed E-state index contributed by atoms with van der Waals surface area (Å²) in [6, 6.07) is 4.34. The van der Waals surface area contributed by atoms with Gasteiger partial charge in [-0.15, -0.1) is 0 Å². The van der Waals surface area contributed by atoms with Crippen LogP contribution in [0, 0.1) is 18.3 Å². The third-order valence-corrected chi connectivity index (χ3v) is 6.88. The van der Waals surface area contributed by atoms with Crippen molar-refractivity contribution in [3.63, 3.8) is 0 Å². The first-order valence-corrected chi connectivity index (χ1v) is 11.5. The quantitative estimate of drug-likeness (QED) is 0.572. The summed E-state index contributed by atoms with van der Waals surface area (Å²) in [6.07, 6.45) is 5.23. The number of ketones is 1. The molecule has 1 aromatic rings. The molecule has 3 rings (SSSR count). The molecular weight excluding hydrogens is 376 g/mol. The molecule has 1 aliphatic carbocycles. The van der Waals surface area contributed by atoms with Crippen LogP contribution in [0.3, 0.4) is 0 Å². The largest absolute Gasteiger partial charge is 0.430 e. The first-order valence-electron chi connectivity index (χ1n) is 11.5. The Morgan fingerprint density at radius 1 is 1.10 bits per heavy atom. The van der Waals surface area contributed by atoms with Gasteiger partial charge in [-0.2, -0.15) is 0 Å². The molecule has 0 aromatic heterocycles. The number of allylic oxidation sites excluding steroid dienone is 2. The van der Waals surface area contributed by atoms with Gasteiger partial charge in [-0.25, -0.2) is 0 Å². The molecule has 0 saturated carbocycles. The van der Waals surface area contributed by atoms with Crippen LogP contribution in [0.15, 0.2) is 17.9 Å². The van der Waals surface area contributed by atoms with Crippen LogP contribution in [0.2, 0.25) is 0 Å². The van der Waals surface area contributed by atoms with Crippen molar-refractivity contribution in [3.05, 3.63) is 40.1 Å². The van der Waals surface area contributed by atoms with Crippen LogP contribution in [0.1, 0.15) is 82.1 Å². The molecule has 1 aliphatic heterocycles. The second kappa shape index (κ2) is 9.47. The number of benzene rings is 1. The van der Waals surface area contributed by atoms with Crippen molar-refractivity contribution < 1.29 is 19.1 Å². The average Bonchev–Trinajstić information content (AvgIpc) is 2.73. The van der Waals surface area contributed by atoms with Crippen LogP contribution in [0.4, 0.5) is 0 Å². The molecule has 1 aromatic carbocycles. The van der Waals surface area contributed by atoms with E-state index in [4.69, 9.17) is 9.47 Å². The van der Waals surface area contributed by atoms with Crippen molar-refractivity contribution in [2.45, 2.75) is 79.6 Å². The van der Waals surface area contributed by atoms with E-state index in [0.29, 0.717) is 37.4 Å². The number of Topliss-reactive ketones (excluding diaryl/α,β-unsaturated/α-hetero) is 1. The van der Waals surface area contributed by atoms with Crippen LogP contribution in [0.25, 0.3) is 5.57 Å². The van der Waals surface area contributed by atoms with Crippen LogP contribution < -0.4 is 0 Å². The molecule has 30 heavy (non-hydrogen) atoms. The molecule has 1 fully saturated rings. The second-order valence-corrected chi connectivity index (χ2v) is 9.08. The Balaban J connectivity index is 2.17. The van der Waals surface area contributed by atoms with Crippen molar-refractivity contribution in [1.82, 2.24) is 0 Å². The Morgan fingerprint density at radius 3 is 2.23 bits per heavy atom. The molecule has 4 nitrogen and oxygen atoms in total. The summed E-state index contributed by atoms with van der Waals surface area (Å²) in [5, 5.41) is 0. The Morgan fingerprint density at radius 2 is 1.70 bits per heavy atom. The Labute approximate surface area is 181 Å². The van der Waals surface area contributed by atoms with Crippen molar-refractivity contribution in [1.29, 1.82) is 0 Å². The standard InChI is InChI=1S/C26H36O4/c1-6-18(5)25(28)30-22-16-26(9-11-29-12-10-26)15-21(27)24(22)23-19(7-2)13-17(4)14-20(23)8-3/h13-14,18H,6-12,15-16H2,1-5H3. The number of esters is 1. The molecule has 0 amide bonds. The SMILES string of the molecule is CCc1cc(C)cc(CC)c1C1=C(OC(=O)C(C)CC)CC2(CCOCC2)CC1=O. The van der Waals surface area contributed by atoms with Crippen molar-refractivity contribution in [3.8, 4) is 0 Å². The highest BCUT2D eigenvalue weighted by atomic mass is 16.5. The maximum atomic E-state index is 13.6. The normalized spacial score (nSPS) is 19.8. The predicted molar refractivity (Wildman–Crippen MR) is 119 cm³/mol. The highest BCUT2D eigenvalue weighted by Crippen LogP contribution is 2.48. The summed E-state index contributed by atoms with van der Waals surface area (Å²) in [5.41, 5.74) is 5.04. The molecule has 164 valence electrons. The zero-order valence-electron chi connectivity index (χ0n) is 19.2. The van der Waals surface area contributed by atoms with Gasteiger partial charge in [-0.3, -0.25) is 9.59 Å². The van der Waals surface area contributed by atoms with Crippen LogP contribution >= 0.6 is 0 Å². The Hall–Kier alpha value is -1.94. The monoisotopic (exact) mass is 412 g/mol. The van der Waals surface area contributed by atoms with Gasteiger partial charge in [-0.05, 0) is 61.1 Å². The summed E-state index contributed by atoms with van der Waals surface area (Å²) in [7, 11) is 0. The van der Waals surface area contributed by atoms with Gasteiger partial charge >= 0.3 is 5.97 Å². The highest BCUT2D eigenvalue weighted by Gasteiger charge is 2.43. The van der Waals surface area contributed by atoms with E-state index in [0.717, 1.165) is 48.8 Å². The van der Waals surface area contributed by atoms with Crippen LogP contribution in [0.5, 0.6) is 0 Å². The zero-order chi connectivity index (χ0) is 21.9. The maximum absolute atomic E-state index is 13.6. The van der Waals surface area contributed by atoms with E-state index in [-0.39, 0.29) is 23.1 Å². The maximum Gasteiger partial charge on any atom is 0.313 e. The lowest BCUT2D eigenvalue weighted by molar-refractivity contribution is -0.144. The van der Waals surface area contributed by atoms with Gasteiger partial charge in [0.05, 0.1) is 11.5 Å². The lowest BCUT2D eigenvalue weighted by atomic mass is 9.67. The fourth-order valence-electron chi connectivity index (χ4n) is 4.81. The summed E-state index contributed by atoms with van der Waals surface area (Å²) < 4.78 is 11.6. The van der Waals surface area contributed by atoms with Crippen molar-refractivity contribution in [2.75, 3.05) is 13.2 Å². The third-order valence-electron chi connectivity index (χ3n) is 6.88. The minimum atomic E-state index is -0.231. The minimum Gasteiger partial charge on any atom is -0.430 e. The smallest absolute Gasteiger partial charge is 0.313 e. The van der Waals surface area contributed by atoms with Gasteiger partial charge in [0.2, 0.25) is 0 Å². The van der Waals surface area contributed by atoms with Crippen LogP contribution in [-0.4, -0.2) is 25.0 Å². The molecule has 1 saturated heterocycles. The first-order chi connectivity index (χ1) is 14.3. The van der Waals surface area contributed by atoms with Gasteiger partial charge in [0, 0.05) is 26.1 Å². The van der Waals surface area contributed by atoms with Gasteiger partial charge in [-0.1, -0.05) is 45.4 Å². The molecule has 1 spiro atoms. The lowest BCUT2D eigenvalue weighted by Crippen LogP contribution is -2.37. The number of carbonyl (C=O) groups is 2. The number of carbonyl (C=O) groups excluding carboxylic acids is 2. The van der Waals surface area contributed by atoms with Gasteiger partial charge in [0.1, 0.15) is 5.76 Å². The third kappa shape index (κ3) is 4.54. The number of hydrogen-bond donors (Lipinski definition) is 0. The minimum absolute atomic E-state index is 0.114. The summed E-state index contributed by atoms with van der Waals surface area (Å²) in [4.78, 5) is 26.4.